The monoisotopic (exact) mass is 1040 g/mol. The molecule has 8 nitrogen and oxygen atoms in total. The van der Waals surface area contributed by atoms with Gasteiger partial charge in [0.2, 0.25) is 0 Å². The minimum atomic E-state index is 0.876. The van der Waals surface area contributed by atoms with Crippen molar-refractivity contribution in [3.05, 3.63) is 142 Å². The summed E-state index contributed by atoms with van der Waals surface area (Å²) >= 11 is 15.5. The molecule has 10 heterocycles. The lowest BCUT2D eigenvalue weighted by molar-refractivity contribution is 0.592. The molecule has 4 aliphatic heterocycles. The highest BCUT2D eigenvalue weighted by Gasteiger charge is 2.23. The quantitative estimate of drug-likeness (QED) is 0.108. The van der Waals surface area contributed by atoms with Gasteiger partial charge in [0.15, 0.2) is 0 Å². The third kappa shape index (κ3) is 8.27. The number of unbranched alkanes of at least 4 members (excludes halogenated alkanes) is 5. The van der Waals surface area contributed by atoms with Crippen LogP contribution in [0.2, 0.25) is 0 Å². The number of hydrogen-bond donors (Lipinski definition) is 4. The highest BCUT2D eigenvalue weighted by atomic mass is 79.9. The predicted molar refractivity (Wildman–Crippen MR) is 264 cm³/mol. The van der Waals surface area contributed by atoms with E-state index in [9.17, 15) is 0 Å². The third-order valence-corrected chi connectivity index (χ3v) is 15.3. The van der Waals surface area contributed by atoms with Crippen molar-refractivity contribution < 1.29 is 0 Å². The average Bonchev–Trinajstić information content (AvgIpc) is 4.11. The van der Waals surface area contributed by atoms with Gasteiger partial charge in [-0.25, -0.2) is 19.9 Å². The van der Waals surface area contributed by atoms with E-state index in [2.05, 4.69) is 193 Å². The molecule has 0 radical (unpaired) electrons. The maximum absolute atomic E-state index is 5.16. The van der Waals surface area contributed by atoms with Gasteiger partial charge in [-0.1, -0.05) is 25.7 Å². The predicted octanol–water partition coefficient (Wildman–Crippen LogP) is 14.6. The van der Waals surface area contributed by atoms with E-state index in [1.807, 2.05) is 0 Å². The summed E-state index contributed by atoms with van der Waals surface area (Å²) in [5.41, 5.74) is 17.8. The van der Waals surface area contributed by atoms with Crippen LogP contribution in [-0.4, -0.2) is 39.9 Å². The molecule has 10 rings (SSSR count). The van der Waals surface area contributed by atoms with Crippen LogP contribution >= 0.6 is 63.7 Å². The van der Waals surface area contributed by atoms with Crippen molar-refractivity contribution >= 4 is 150 Å². The summed E-state index contributed by atoms with van der Waals surface area (Å²) in [5.74, 6) is 0. The van der Waals surface area contributed by atoms with Gasteiger partial charge in [-0.3, -0.25) is 0 Å². The Balaban J connectivity index is 0.873. The van der Waals surface area contributed by atoms with Crippen molar-refractivity contribution in [3.8, 4) is 0 Å². The summed E-state index contributed by atoms with van der Waals surface area (Å²) in [7, 11) is 0. The van der Waals surface area contributed by atoms with Crippen LogP contribution in [0, 0.1) is 0 Å². The Morgan fingerprint density at radius 2 is 0.683 bits per heavy atom. The molecular formula is C48H38Br4N8. The second-order valence-electron chi connectivity index (χ2n) is 15.4. The van der Waals surface area contributed by atoms with E-state index >= 15 is 0 Å². The first-order valence-electron chi connectivity index (χ1n) is 20.2. The number of H-pyrrole nitrogens is 4. The second-order valence-corrected chi connectivity index (χ2v) is 18.6. The molecule has 12 heteroatoms. The van der Waals surface area contributed by atoms with Gasteiger partial charge in [0.05, 0.1) is 63.5 Å². The van der Waals surface area contributed by atoms with Crippen molar-refractivity contribution in [2.45, 2.75) is 51.4 Å². The number of nitrogens with zero attached hydrogens (tertiary/aromatic N) is 4. The fourth-order valence-corrected chi connectivity index (χ4v) is 9.94. The molecule has 4 N–H and O–H groups in total. The van der Waals surface area contributed by atoms with E-state index in [-0.39, 0.29) is 0 Å². The van der Waals surface area contributed by atoms with Gasteiger partial charge in [0.25, 0.3) is 0 Å². The van der Waals surface area contributed by atoms with Gasteiger partial charge in [-0.15, -0.1) is 0 Å². The molecule has 0 fully saturated rings. The topological polar surface area (TPSA) is 115 Å². The number of fused-ring (bicyclic) bond motifs is 16. The number of hydrogen-bond acceptors (Lipinski definition) is 4. The summed E-state index contributed by atoms with van der Waals surface area (Å²) in [6.45, 7) is 0. The molecule has 0 aliphatic carbocycles. The molecule has 298 valence electrons. The van der Waals surface area contributed by atoms with Gasteiger partial charge in [0.1, 0.15) is 0 Å². The Kier molecular flexibility index (Phi) is 11.0. The average molecular weight is 1050 g/mol. The standard InChI is InChI=1S/C48H38Br4N8/c49-43-41-25-35-15-13-29(55-35)21-27-9-11-31(53-27)23-33-17-19-39(57-33)37(47(59-41)45(43)51)7-5-3-1-2-4-6-8-38-40-20-18-34(58-40)24-32-12-10-28(54-32)22-30-14-16-36(56-30)26-42-44(50)46(52)48(38)60-42/h9-26,53-56H,1-8H2. The normalized spacial score (nSPS) is 13.6. The fraction of sp³-hybridized carbons (Fsp3) is 0.167. The first-order valence-corrected chi connectivity index (χ1v) is 23.4. The van der Waals surface area contributed by atoms with Crippen LogP contribution in [0.15, 0.2) is 84.9 Å². The van der Waals surface area contributed by atoms with Gasteiger partial charge < -0.3 is 19.9 Å². The van der Waals surface area contributed by atoms with Crippen molar-refractivity contribution in [1.29, 1.82) is 0 Å². The van der Waals surface area contributed by atoms with E-state index in [4.69, 9.17) is 19.9 Å². The molecule has 16 bridgehead atoms. The molecule has 0 spiro atoms. The van der Waals surface area contributed by atoms with E-state index in [0.29, 0.717) is 0 Å². The van der Waals surface area contributed by atoms with E-state index in [1.54, 1.807) is 0 Å². The molecule has 60 heavy (non-hydrogen) atoms. The lowest BCUT2D eigenvalue weighted by Gasteiger charge is -2.08. The van der Waals surface area contributed by atoms with Crippen LogP contribution in [0.4, 0.5) is 0 Å². The zero-order chi connectivity index (χ0) is 40.7. The number of nitrogens with one attached hydrogen (secondary N) is 4. The van der Waals surface area contributed by atoms with Crippen LogP contribution in [0.5, 0.6) is 0 Å². The Morgan fingerprint density at radius 3 is 1.07 bits per heavy atom. The van der Waals surface area contributed by atoms with E-state index in [1.165, 1.54) is 0 Å². The second kappa shape index (κ2) is 16.9. The SMILES string of the molecule is BrC1=C(Br)c2nc1cc1ccc(cc3ccc(cc4nc(c2CCCCCCCCc2c5nc(cc6ccc(cc7ccc(cc8nc2C(Br)=C8Br)[nH]7)[nH]6)C=C5)C=C4)[nH]3)[nH]1. The largest absolute Gasteiger partial charge is 0.355 e. The van der Waals surface area contributed by atoms with Crippen LogP contribution < -0.4 is 0 Å². The number of halogens is 4. The molecule has 0 unspecified atom stereocenters. The smallest absolute Gasteiger partial charge is 0.0845 e. The summed E-state index contributed by atoms with van der Waals surface area (Å²) in [6, 6.07) is 29.3. The summed E-state index contributed by atoms with van der Waals surface area (Å²) in [5, 5.41) is 0. The molecule has 0 amide bonds. The van der Waals surface area contributed by atoms with E-state index < -0.39 is 0 Å². The maximum Gasteiger partial charge on any atom is 0.0845 e. The summed E-state index contributed by atoms with van der Waals surface area (Å²) in [4.78, 5) is 34.5. The van der Waals surface area contributed by atoms with Crippen molar-refractivity contribution in [2.24, 2.45) is 0 Å². The minimum absolute atomic E-state index is 0.876. The van der Waals surface area contributed by atoms with Crippen LogP contribution in [0.1, 0.15) is 95.2 Å². The number of aromatic nitrogens is 8. The molecule has 6 aromatic rings. The zero-order valence-electron chi connectivity index (χ0n) is 32.3. The lowest BCUT2D eigenvalue weighted by Crippen LogP contribution is -1.97. The summed E-state index contributed by atoms with van der Waals surface area (Å²) in [6.07, 6.45) is 16.8. The molecule has 0 aromatic carbocycles. The Morgan fingerprint density at radius 1 is 0.350 bits per heavy atom. The Hall–Kier alpha value is -4.88. The van der Waals surface area contributed by atoms with Gasteiger partial charge in [-0.05, 0) is 199 Å². The van der Waals surface area contributed by atoms with Gasteiger partial charge in [-0.2, -0.15) is 0 Å². The van der Waals surface area contributed by atoms with Crippen molar-refractivity contribution in [1.82, 2.24) is 39.9 Å². The fourth-order valence-electron chi connectivity index (χ4n) is 8.10. The third-order valence-electron chi connectivity index (χ3n) is 11.1. The highest BCUT2D eigenvalue weighted by Crippen LogP contribution is 2.42. The first-order chi connectivity index (χ1) is 29.3. The van der Waals surface area contributed by atoms with Crippen LogP contribution in [-0.2, 0) is 12.8 Å². The highest BCUT2D eigenvalue weighted by molar-refractivity contribution is 9.18. The summed E-state index contributed by atoms with van der Waals surface area (Å²) < 4.78 is 3.79. The van der Waals surface area contributed by atoms with E-state index in [0.717, 1.165) is 170 Å². The van der Waals surface area contributed by atoms with Crippen LogP contribution in [0.25, 0.3) is 86.4 Å². The molecule has 4 aliphatic rings. The van der Waals surface area contributed by atoms with Gasteiger partial charge in [0, 0.05) is 55.3 Å². The maximum atomic E-state index is 5.16. The minimum Gasteiger partial charge on any atom is -0.355 e. The molecule has 0 saturated carbocycles. The molecule has 0 atom stereocenters. The van der Waals surface area contributed by atoms with Crippen molar-refractivity contribution in [2.75, 3.05) is 0 Å². The van der Waals surface area contributed by atoms with Crippen LogP contribution in [0.3, 0.4) is 0 Å². The molecular weight excluding hydrogens is 1010 g/mol. The zero-order valence-corrected chi connectivity index (χ0v) is 38.7. The Bertz CT molecular complexity index is 2960. The number of rotatable bonds is 9. The lowest BCUT2D eigenvalue weighted by atomic mass is 10.0. The molecule has 0 saturated heterocycles. The molecule has 6 aromatic heterocycles. The van der Waals surface area contributed by atoms with Crippen molar-refractivity contribution in [3.63, 3.8) is 0 Å². The first kappa shape index (κ1) is 39.3. The Labute approximate surface area is 380 Å². The van der Waals surface area contributed by atoms with Gasteiger partial charge >= 0.3 is 0 Å². The number of aromatic amines is 4.